The van der Waals surface area contributed by atoms with E-state index in [4.69, 9.17) is 5.73 Å². The van der Waals surface area contributed by atoms with Crippen LogP contribution in [0.25, 0.3) is 0 Å². The third-order valence-corrected chi connectivity index (χ3v) is 5.29. The molecule has 0 bridgehead atoms. The van der Waals surface area contributed by atoms with E-state index in [2.05, 4.69) is 20.6 Å². The van der Waals surface area contributed by atoms with E-state index >= 15 is 0 Å². The average Bonchev–Trinajstić information content (AvgIpc) is 3.16. The summed E-state index contributed by atoms with van der Waals surface area (Å²) in [5, 5.41) is 25.2. The number of aliphatic hydroxyl groups excluding tert-OH is 1. The van der Waals surface area contributed by atoms with Crippen LogP contribution >= 0.6 is 0 Å². The number of benzene rings is 2. The van der Waals surface area contributed by atoms with Crippen molar-refractivity contribution in [1.29, 1.82) is 0 Å². The Morgan fingerprint density at radius 3 is 2.53 bits per heavy atom. The van der Waals surface area contributed by atoms with Crippen LogP contribution in [-0.2, 0) is 20.8 Å². The largest absolute Gasteiger partial charge is 0.480 e. The number of aliphatic carboxylic acids is 1. The number of para-hydroxylation sites is 1. The van der Waals surface area contributed by atoms with Gasteiger partial charge < -0.3 is 26.6 Å². The number of rotatable bonds is 11. The van der Waals surface area contributed by atoms with Gasteiger partial charge in [0.2, 0.25) is 5.91 Å². The van der Waals surface area contributed by atoms with Crippen molar-refractivity contribution in [1.82, 2.24) is 5.32 Å². The zero-order chi connectivity index (χ0) is 24.5. The molecule has 3 rings (SSSR count). The Morgan fingerprint density at radius 2 is 1.85 bits per heavy atom. The summed E-state index contributed by atoms with van der Waals surface area (Å²) in [5.74, 6) is -2.08. The number of aliphatic hydroxyl groups is 1. The highest BCUT2D eigenvalue weighted by Crippen LogP contribution is 2.33. The number of carboxylic acid groups (broad SMARTS) is 1. The molecule has 2 aromatic rings. The Kier molecular flexibility index (Phi) is 8.47. The van der Waals surface area contributed by atoms with Gasteiger partial charge >= 0.3 is 5.97 Å². The molecule has 0 fully saturated rings. The van der Waals surface area contributed by atoms with Gasteiger partial charge in [0, 0.05) is 30.6 Å². The van der Waals surface area contributed by atoms with Gasteiger partial charge in [-0.3, -0.25) is 14.6 Å². The highest BCUT2D eigenvalue weighted by atomic mass is 16.4. The van der Waals surface area contributed by atoms with Crippen LogP contribution in [0.5, 0.6) is 0 Å². The molecule has 2 aromatic carbocycles. The van der Waals surface area contributed by atoms with E-state index in [1.54, 1.807) is 48.5 Å². The average molecular weight is 466 g/mol. The molecule has 0 saturated carbocycles. The molecule has 0 radical (unpaired) electrons. The molecule has 10 nitrogen and oxygen atoms in total. The number of nitrogens with two attached hydrogens (primary N) is 1. The first-order valence-corrected chi connectivity index (χ1v) is 10.9. The fourth-order valence-corrected chi connectivity index (χ4v) is 3.51. The van der Waals surface area contributed by atoms with Crippen LogP contribution in [0.15, 0.2) is 58.5 Å². The van der Waals surface area contributed by atoms with E-state index in [-0.39, 0.29) is 18.0 Å². The number of nitrogens with zero attached hydrogens (tertiary/aromatic N) is 2. The Labute approximate surface area is 196 Å². The van der Waals surface area contributed by atoms with Crippen LogP contribution in [0.1, 0.15) is 36.5 Å². The minimum Gasteiger partial charge on any atom is -0.480 e. The van der Waals surface area contributed by atoms with Crippen molar-refractivity contribution in [2.45, 2.75) is 37.8 Å². The van der Waals surface area contributed by atoms with E-state index in [1.165, 1.54) is 6.34 Å². The van der Waals surface area contributed by atoms with Crippen molar-refractivity contribution >= 4 is 41.2 Å². The van der Waals surface area contributed by atoms with Crippen LogP contribution in [0.3, 0.4) is 0 Å². The second-order valence-corrected chi connectivity index (χ2v) is 7.78. The number of aliphatic imine (C=N–C) groups is 2. The molecule has 34 heavy (non-hydrogen) atoms. The fourth-order valence-electron chi connectivity index (χ4n) is 3.51. The Hall–Kier alpha value is -4.05. The zero-order valence-corrected chi connectivity index (χ0v) is 18.5. The number of unbranched alkanes of at least 4 members (excludes halogenated alkanes) is 1. The van der Waals surface area contributed by atoms with Crippen molar-refractivity contribution in [3.8, 4) is 0 Å². The normalized spacial score (nSPS) is 15.4. The third kappa shape index (κ3) is 6.48. The summed E-state index contributed by atoms with van der Waals surface area (Å²) < 4.78 is 0. The first-order chi connectivity index (χ1) is 16.4. The smallest absolute Gasteiger partial charge is 0.326 e. The van der Waals surface area contributed by atoms with E-state index < -0.39 is 24.0 Å². The van der Waals surface area contributed by atoms with E-state index in [0.29, 0.717) is 41.9 Å². The maximum absolute atomic E-state index is 12.6. The van der Waals surface area contributed by atoms with E-state index in [1.807, 2.05) is 0 Å². The van der Waals surface area contributed by atoms with Crippen LogP contribution in [0.4, 0.5) is 11.4 Å². The lowest BCUT2D eigenvalue weighted by molar-refractivity contribution is -0.141. The predicted octanol–water partition coefficient (Wildman–Crippen LogP) is 1.71. The van der Waals surface area contributed by atoms with Gasteiger partial charge in [-0.15, -0.1) is 0 Å². The highest BCUT2D eigenvalue weighted by molar-refractivity contribution is 6.42. The molecule has 2 atom stereocenters. The van der Waals surface area contributed by atoms with Crippen LogP contribution < -0.4 is 16.4 Å². The number of anilines is 1. The van der Waals surface area contributed by atoms with Crippen LogP contribution in [-0.4, -0.2) is 52.6 Å². The summed E-state index contributed by atoms with van der Waals surface area (Å²) in [6.45, 7) is 0.582. The lowest BCUT2D eigenvalue weighted by Gasteiger charge is -2.16. The van der Waals surface area contributed by atoms with Gasteiger partial charge in [0.1, 0.15) is 17.9 Å². The summed E-state index contributed by atoms with van der Waals surface area (Å²) in [6.07, 6.45) is 1.86. The predicted molar refractivity (Wildman–Crippen MR) is 128 cm³/mol. The molecular weight excluding hydrogens is 438 g/mol. The second kappa shape index (κ2) is 11.7. The zero-order valence-electron chi connectivity index (χ0n) is 18.5. The molecule has 6 N–H and O–H groups in total. The first-order valence-electron chi connectivity index (χ1n) is 10.9. The Bertz CT molecular complexity index is 1100. The van der Waals surface area contributed by atoms with Gasteiger partial charge in [-0.25, -0.2) is 9.79 Å². The summed E-state index contributed by atoms with van der Waals surface area (Å²) in [5.41, 5.74) is 7.25. The minimum absolute atomic E-state index is 0.0211. The molecule has 178 valence electrons. The highest BCUT2D eigenvalue weighted by Gasteiger charge is 2.32. The fraction of sp³-hybridized carbons (Fsp3) is 0.292. The maximum Gasteiger partial charge on any atom is 0.326 e. The lowest BCUT2D eigenvalue weighted by Crippen LogP contribution is -2.46. The quantitative estimate of drug-likeness (QED) is 0.192. The van der Waals surface area contributed by atoms with Gasteiger partial charge in [0.05, 0.1) is 12.0 Å². The van der Waals surface area contributed by atoms with Crippen molar-refractivity contribution in [3.63, 3.8) is 0 Å². The lowest BCUT2D eigenvalue weighted by atomic mass is 10.0. The summed E-state index contributed by atoms with van der Waals surface area (Å²) in [4.78, 5) is 44.4. The Balaban J connectivity index is 1.54. The molecule has 1 heterocycles. The standard InChI is InChI=1S/C24H27N5O5/c25-14-26-12-4-3-7-20(30)27-16-10-8-15(9-11-16)13-19(24(33)34)29-23(32)21-22(31)17-5-1-2-6-18(17)28-21/h1-2,5-6,8-11,14,19,22,31H,3-4,7,12-13H2,(H2,25,26)(H,27,30)(H,29,32)(H,33,34). The number of amides is 2. The molecule has 1 aliphatic rings. The van der Waals surface area contributed by atoms with E-state index in [9.17, 15) is 24.6 Å². The number of fused-ring (bicyclic) bond motifs is 1. The number of carbonyl (C=O) groups excluding carboxylic acids is 2. The second-order valence-electron chi connectivity index (χ2n) is 7.78. The van der Waals surface area contributed by atoms with Gasteiger partial charge in [-0.1, -0.05) is 30.3 Å². The van der Waals surface area contributed by atoms with Crippen molar-refractivity contribution in [3.05, 3.63) is 59.7 Å². The van der Waals surface area contributed by atoms with Gasteiger partial charge in [-0.2, -0.15) is 0 Å². The molecule has 0 saturated heterocycles. The number of hydrogen-bond acceptors (Lipinski definition) is 6. The van der Waals surface area contributed by atoms with Crippen LogP contribution in [0.2, 0.25) is 0 Å². The third-order valence-electron chi connectivity index (χ3n) is 5.29. The van der Waals surface area contributed by atoms with Crippen molar-refractivity contribution < 1.29 is 24.6 Å². The number of nitrogens with one attached hydrogen (secondary N) is 2. The van der Waals surface area contributed by atoms with Crippen LogP contribution in [0, 0.1) is 0 Å². The molecule has 2 amide bonds. The summed E-state index contributed by atoms with van der Waals surface area (Å²) >= 11 is 0. The molecule has 2 unspecified atom stereocenters. The van der Waals surface area contributed by atoms with Crippen molar-refractivity contribution in [2.24, 2.45) is 15.7 Å². The number of carbonyl (C=O) groups is 3. The molecular formula is C24H27N5O5. The minimum atomic E-state index is -1.22. The molecule has 1 aliphatic heterocycles. The SMILES string of the molecule is NC=NCCCCC(=O)Nc1ccc(CC(NC(=O)C2=Nc3ccccc3C2O)C(=O)O)cc1. The van der Waals surface area contributed by atoms with Gasteiger partial charge in [-0.05, 0) is 36.6 Å². The van der Waals surface area contributed by atoms with E-state index in [0.717, 1.165) is 6.42 Å². The monoisotopic (exact) mass is 465 g/mol. The molecule has 10 heteroatoms. The number of hydrogen-bond donors (Lipinski definition) is 5. The molecule has 0 spiro atoms. The summed E-state index contributed by atoms with van der Waals surface area (Å²) in [7, 11) is 0. The number of carboxylic acids is 1. The van der Waals surface area contributed by atoms with Crippen molar-refractivity contribution in [2.75, 3.05) is 11.9 Å². The summed E-state index contributed by atoms with van der Waals surface area (Å²) in [6, 6.07) is 12.3. The topological polar surface area (TPSA) is 166 Å². The maximum atomic E-state index is 12.6. The van der Waals surface area contributed by atoms with Gasteiger partial charge in [0.25, 0.3) is 5.91 Å². The van der Waals surface area contributed by atoms with Gasteiger partial charge in [0.15, 0.2) is 0 Å². The Morgan fingerprint density at radius 1 is 1.12 bits per heavy atom. The first kappa shape index (κ1) is 24.6. The molecule has 0 aromatic heterocycles. The molecule has 0 aliphatic carbocycles.